The van der Waals surface area contributed by atoms with E-state index in [1.807, 2.05) is 6.92 Å². The van der Waals surface area contributed by atoms with Gasteiger partial charge in [-0.3, -0.25) is 4.79 Å². The maximum Gasteiger partial charge on any atom is 0.233 e. The van der Waals surface area contributed by atoms with Crippen LogP contribution in [0.4, 0.5) is 4.39 Å². The Balaban J connectivity index is 1.69. The lowest BCUT2D eigenvalue weighted by Gasteiger charge is -2.16. The molecule has 0 spiro atoms. The highest BCUT2D eigenvalue weighted by Gasteiger charge is 2.23. The zero-order valence-electron chi connectivity index (χ0n) is 13.8. The average molecular weight is 348 g/mol. The van der Waals surface area contributed by atoms with Gasteiger partial charge in [-0.1, -0.05) is 36.7 Å². The molecule has 1 saturated carbocycles. The van der Waals surface area contributed by atoms with Crippen molar-refractivity contribution in [1.82, 2.24) is 20.1 Å². The van der Waals surface area contributed by atoms with E-state index >= 15 is 0 Å². The van der Waals surface area contributed by atoms with Crippen LogP contribution < -0.4 is 5.32 Å². The molecule has 2 aromatic rings. The van der Waals surface area contributed by atoms with Gasteiger partial charge in [0, 0.05) is 13.1 Å². The fourth-order valence-corrected chi connectivity index (χ4v) is 3.72. The second-order valence-electron chi connectivity index (χ2n) is 6.10. The number of rotatable bonds is 5. The summed E-state index contributed by atoms with van der Waals surface area (Å²) in [6.07, 6.45) is 4.48. The third-order valence-corrected chi connectivity index (χ3v) is 5.44. The topological polar surface area (TPSA) is 59.8 Å². The Bertz CT molecular complexity index is 727. The number of benzene rings is 1. The monoisotopic (exact) mass is 348 g/mol. The molecule has 0 aliphatic heterocycles. The van der Waals surface area contributed by atoms with E-state index in [1.165, 1.54) is 30.7 Å². The number of hydrogen-bond acceptors (Lipinski definition) is 4. The molecule has 1 fully saturated rings. The number of carbonyl (C=O) groups is 1. The minimum absolute atomic E-state index is 0.0161. The van der Waals surface area contributed by atoms with E-state index in [0.717, 1.165) is 12.8 Å². The molecule has 1 atom stereocenters. The molecule has 1 aliphatic carbocycles. The van der Waals surface area contributed by atoms with Crippen molar-refractivity contribution in [3.8, 4) is 11.4 Å². The van der Waals surface area contributed by atoms with E-state index in [9.17, 15) is 9.18 Å². The zero-order chi connectivity index (χ0) is 17.1. The molecule has 1 heterocycles. The van der Waals surface area contributed by atoms with Gasteiger partial charge in [0.2, 0.25) is 5.91 Å². The molecule has 24 heavy (non-hydrogen) atoms. The van der Waals surface area contributed by atoms with Crippen LogP contribution in [-0.4, -0.2) is 32.0 Å². The molecule has 7 heteroatoms. The van der Waals surface area contributed by atoms with Crippen LogP contribution in [0.1, 0.15) is 32.6 Å². The summed E-state index contributed by atoms with van der Waals surface area (Å²) in [5.41, 5.74) is 0.405. The molecule has 0 bridgehead atoms. The molecule has 0 unspecified atom stereocenters. The van der Waals surface area contributed by atoms with Crippen molar-refractivity contribution < 1.29 is 9.18 Å². The lowest BCUT2D eigenvalue weighted by molar-refractivity contribution is -0.120. The van der Waals surface area contributed by atoms with Crippen molar-refractivity contribution in [2.24, 2.45) is 7.05 Å². The summed E-state index contributed by atoms with van der Waals surface area (Å²) in [7, 11) is 1.78. The predicted octanol–water partition coefficient (Wildman–Crippen LogP) is 3.16. The van der Waals surface area contributed by atoms with E-state index < -0.39 is 0 Å². The van der Waals surface area contributed by atoms with Crippen molar-refractivity contribution in [3.63, 3.8) is 0 Å². The van der Waals surface area contributed by atoms with Crippen LogP contribution in [0.15, 0.2) is 29.4 Å². The first kappa shape index (κ1) is 17.0. The standard InChI is InChI=1S/C17H21FN4OS/c1-11(16(23)19-12-7-3-4-8-12)24-17-21-20-15(22(17)2)13-9-5-6-10-14(13)18/h5-6,9-12H,3-4,7-8H2,1-2H3,(H,19,23)/t11-/m0/s1. The van der Waals surface area contributed by atoms with E-state index in [4.69, 9.17) is 0 Å². The summed E-state index contributed by atoms with van der Waals surface area (Å²) in [4.78, 5) is 12.3. The van der Waals surface area contributed by atoms with Crippen molar-refractivity contribution in [2.75, 3.05) is 0 Å². The lowest BCUT2D eigenvalue weighted by atomic mass is 10.2. The minimum atomic E-state index is -0.337. The van der Waals surface area contributed by atoms with E-state index in [0.29, 0.717) is 22.6 Å². The van der Waals surface area contributed by atoms with Crippen molar-refractivity contribution in [3.05, 3.63) is 30.1 Å². The van der Waals surface area contributed by atoms with Crippen molar-refractivity contribution in [1.29, 1.82) is 0 Å². The van der Waals surface area contributed by atoms with Gasteiger partial charge in [0.05, 0.1) is 10.8 Å². The highest BCUT2D eigenvalue weighted by atomic mass is 32.2. The number of nitrogens with zero attached hydrogens (tertiary/aromatic N) is 3. The van der Waals surface area contributed by atoms with Gasteiger partial charge < -0.3 is 9.88 Å². The molecule has 1 amide bonds. The van der Waals surface area contributed by atoms with Gasteiger partial charge in [-0.15, -0.1) is 10.2 Å². The second-order valence-corrected chi connectivity index (χ2v) is 7.40. The maximum atomic E-state index is 13.9. The fraction of sp³-hybridized carbons (Fsp3) is 0.471. The molecule has 1 aliphatic rings. The Morgan fingerprint density at radius 1 is 1.33 bits per heavy atom. The summed E-state index contributed by atoms with van der Waals surface area (Å²) in [6, 6.07) is 6.77. The predicted molar refractivity (Wildman–Crippen MR) is 92.1 cm³/mol. The van der Waals surface area contributed by atoms with E-state index in [-0.39, 0.29) is 17.0 Å². The summed E-state index contributed by atoms with van der Waals surface area (Å²) < 4.78 is 15.7. The van der Waals surface area contributed by atoms with Crippen molar-refractivity contribution >= 4 is 17.7 Å². The van der Waals surface area contributed by atoms with Gasteiger partial charge in [-0.05, 0) is 31.9 Å². The largest absolute Gasteiger partial charge is 0.352 e. The molecule has 5 nitrogen and oxygen atoms in total. The third-order valence-electron chi connectivity index (χ3n) is 4.30. The number of hydrogen-bond donors (Lipinski definition) is 1. The Hall–Kier alpha value is -1.89. The van der Waals surface area contributed by atoms with Crippen LogP contribution in [0.25, 0.3) is 11.4 Å². The van der Waals surface area contributed by atoms with Crippen LogP contribution in [0.3, 0.4) is 0 Å². The number of nitrogens with one attached hydrogen (secondary N) is 1. The smallest absolute Gasteiger partial charge is 0.233 e. The number of halogens is 1. The van der Waals surface area contributed by atoms with Crippen LogP contribution in [0, 0.1) is 5.82 Å². The number of amides is 1. The van der Waals surface area contributed by atoms with E-state index in [1.54, 1.807) is 29.8 Å². The molecular formula is C17H21FN4OS. The Morgan fingerprint density at radius 2 is 2.04 bits per heavy atom. The van der Waals surface area contributed by atoms with Crippen LogP contribution in [-0.2, 0) is 11.8 Å². The number of aromatic nitrogens is 3. The molecule has 1 aromatic heterocycles. The minimum Gasteiger partial charge on any atom is -0.352 e. The van der Waals surface area contributed by atoms with Gasteiger partial charge in [-0.25, -0.2) is 4.39 Å². The Labute approximate surface area is 145 Å². The SMILES string of the molecule is C[C@H](Sc1nnc(-c2ccccc2F)n1C)C(=O)NC1CCCC1. The molecule has 128 valence electrons. The molecule has 1 N–H and O–H groups in total. The molecule has 1 aromatic carbocycles. The average Bonchev–Trinajstić information content (AvgIpc) is 3.19. The first-order valence-corrected chi connectivity index (χ1v) is 9.05. The normalized spacial score (nSPS) is 16.3. The van der Waals surface area contributed by atoms with Gasteiger partial charge in [-0.2, -0.15) is 0 Å². The van der Waals surface area contributed by atoms with Gasteiger partial charge >= 0.3 is 0 Å². The summed E-state index contributed by atoms with van der Waals surface area (Å²) in [5, 5.41) is 11.6. The molecular weight excluding hydrogens is 327 g/mol. The van der Waals surface area contributed by atoms with Crippen LogP contribution in [0.2, 0.25) is 0 Å². The summed E-state index contributed by atoms with van der Waals surface area (Å²) in [6.45, 7) is 1.85. The number of carbonyl (C=O) groups excluding carboxylic acids is 1. The van der Waals surface area contributed by atoms with Gasteiger partial charge in [0.1, 0.15) is 5.82 Å². The van der Waals surface area contributed by atoms with E-state index in [2.05, 4.69) is 15.5 Å². The Kier molecular flexibility index (Phi) is 5.18. The summed E-state index contributed by atoms with van der Waals surface area (Å²) in [5.74, 6) is 0.137. The molecule has 0 radical (unpaired) electrons. The Morgan fingerprint density at radius 3 is 2.75 bits per heavy atom. The lowest BCUT2D eigenvalue weighted by Crippen LogP contribution is -2.37. The quantitative estimate of drug-likeness (QED) is 0.843. The van der Waals surface area contributed by atoms with Crippen LogP contribution in [0.5, 0.6) is 0 Å². The van der Waals surface area contributed by atoms with Crippen molar-refractivity contribution in [2.45, 2.75) is 49.1 Å². The van der Waals surface area contributed by atoms with Gasteiger partial charge in [0.25, 0.3) is 0 Å². The third kappa shape index (κ3) is 3.61. The zero-order valence-corrected chi connectivity index (χ0v) is 14.6. The maximum absolute atomic E-state index is 13.9. The highest BCUT2D eigenvalue weighted by molar-refractivity contribution is 8.00. The molecule has 0 saturated heterocycles. The van der Waals surface area contributed by atoms with Crippen LogP contribution >= 0.6 is 11.8 Å². The highest BCUT2D eigenvalue weighted by Crippen LogP contribution is 2.27. The summed E-state index contributed by atoms with van der Waals surface area (Å²) >= 11 is 1.34. The molecule has 3 rings (SSSR count). The second kappa shape index (κ2) is 7.34. The first-order chi connectivity index (χ1) is 11.6. The fourth-order valence-electron chi connectivity index (χ4n) is 2.89. The first-order valence-electron chi connectivity index (χ1n) is 8.17. The van der Waals surface area contributed by atoms with Gasteiger partial charge in [0.15, 0.2) is 11.0 Å². The number of thioether (sulfide) groups is 1.